The number of nitrogens with zero attached hydrogens (tertiary/aromatic N) is 3. The maximum atomic E-state index is 13.6. The summed E-state index contributed by atoms with van der Waals surface area (Å²) in [6, 6.07) is 14.4. The highest BCUT2D eigenvalue weighted by Crippen LogP contribution is 2.35. The van der Waals surface area contributed by atoms with Gasteiger partial charge in [0.2, 0.25) is 0 Å². The molecule has 168 valence electrons. The molecule has 1 aromatic heterocycles. The summed E-state index contributed by atoms with van der Waals surface area (Å²) in [6.45, 7) is 0. The average Bonchev–Trinajstić information content (AvgIpc) is 3.45. The number of hydrogen-bond acceptors (Lipinski definition) is 3. The smallest absolute Gasteiger partial charge is 0.295 e. The summed E-state index contributed by atoms with van der Waals surface area (Å²) in [4.78, 5) is 40.7. The Morgan fingerprint density at radius 3 is 2.29 bits per heavy atom. The van der Waals surface area contributed by atoms with Crippen LogP contribution >= 0.6 is 0 Å². The minimum Gasteiger partial charge on any atom is -0.295 e. The first-order chi connectivity index (χ1) is 16.5. The topological polar surface area (TPSA) is 64.3 Å². The summed E-state index contributed by atoms with van der Waals surface area (Å²) in [5.41, 5.74) is 3.49. The van der Waals surface area contributed by atoms with E-state index < -0.39 is 0 Å². The molecule has 6 rings (SSSR count). The molecule has 0 saturated heterocycles. The van der Waals surface area contributed by atoms with Crippen molar-refractivity contribution in [3.8, 4) is 11.8 Å². The van der Waals surface area contributed by atoms with Gasteiger partial charge in [-0.25, -0.2) is 9.69 Å². The number of hydrogen-bond donors (Lipinski definition) is 0. The van der Waals surface area contributed by atoms with Crippen LogP contribution in [0.4, 0.5) is 5.69 Å². The maximum absolute atomic E-state index is 13.6. The number of imide groups is 1. The number of rotatable bonds is 1. The highest BCUT2D eigenvalue weighted by molar-refractivity contribution is 6.36. The quantitative estimate of drug-likeness (QED) is 0.320. The minimum atomic E-state index is -0.371. The molecule has 1 saturated carbocycles. The van der Waals surface area contributed by atoms with Crippen molar-refractivity contribution in [2.24, 2.45) is 20.0 Å². The zero-order valence-electron chi connectivity index (χ0n) is 19.1. The number of carbonyl (C=O) groups is 2. The van der Waals surface area contributed by atoms with Crippen molar-refractivity contribution < 1.29 is 9.59 Å². The number of aromatic nitrogens is 2. The van der Waals surface area contributed by atoms with Crippen LogP contribution in [0.3, 0.4) is 0 Å². The number of benzene rings is 3. The maximum Gasteiger partial charge on any atom is 0.328 e. The fourth-order valence-corrected chi connectivity index (χ4v) is 5.32. The van der Waals surface area contributed by atoms with Gasteiger partial charge in [0, 0.05) is 42.1 Å². The van der Waals surface area contributed by atoms with E-state index >= 15 is 0 Å². The zero-order chi connectivity index (χ0) is 23.6. The van der Waals surface area contributed by atoms with Crippen LogP contribution in [-0.4, -0.2) is 20.9 Å². The van der Waals surface area contributed by atoms with E-state index in [2.05, 4.69) is 11.8 Å². The lowest BCUT2D eigenvalue weighted by atomic mass is 9.91. The Kier molecular flexibility index (Phi) is 4.50. The van der Waals surface area contributed by atoms with E-state index in [-0.39, 0.29) is 17.5 Å². The normalized spacial score (nSPS) is 15.9. The highest BCUT2D eigenvalue weighted by atomic mass is 16.2. The van der Waals surface area contributed by atoms with Gasteiger partial charge in [0.15, 0.2) is 0 Å². The number of carbonyl (C=O) groups excluding carboxylic acids is 2. The Morgan fingerprint density at radius 1 is 0.824 bits per heavy atom. The lowest BCUT2D eigenvalue weighted by molar-refractivity contribution is 0.0893. The van der Waals surface area contributed by atoms with Gasteiger partial charge < -0.3 is 0 Å². The number of amides is 2. The number of imidazole rings is 1. The van der Waals surface area contributed by atoms with Crippen molar-refractivity contribution in [2.45, 2.75) is 25.7 Å². The van der Waals surface area contributed by atoms with E-state index in [9.17, 15) is 14.4 Å². The third kappa shape index (κ3) is 2.87. The van der Waals surface area contributed by atoms with Gasteiger partial charge in [0.25, 0.3) is 11.8 Å². The first kappa shape index (κ1) is 20.5. The van der Waals surface area contributed by atoms with Gasteiger partial charge in [0.1, 0.15) is 0 Å². The Balaban J connectivity index is 1.49. The van der Waals surface area contributed by atoms with Gasteiger partial charge in [-0.15, -0.1) is 0 Å². The van der Waals surface area contributed by atoms with Gasteiger partial charge >= 0.3 is 5.69 Å². The molecule has 6 nitrogen and oxygen atoms in total. The molecule has 2 amide bonds. The largest absolute Gasteiger partial charge is 0.328 e. The van der Waals surface area contributed by atoms with Crippen molar-refractivity contribution in [3.63, 3.8) is 0 Å². The first-order valence-electron chi connectivity index (χ1n) is 11.6. The molecule has 34 heavy (non-hydrogen) atoms. The molecule has 4 aromatic rings. The van der Waals surface area contributed by atoms with Gasteiger partial charge in [-0.1, -0.05) is 36.8 Å². The van der Waals surface area contributed by atoms with Gasteiger partial charge in [-0.3, -0.25) is 18.7 Å². The van der Waals surface area contributed by atoms with Crippen LogP contribution in [-0.2, 0) is 14.1 Å². The van der Waals surface area contributed by atoms with Crippen LogP contribution in [0, 0.1) is 17.8 Å². The Labute approximate surface area is 196 Å². The molecule has 6 heteroatoms. The summed E-state index contributed by atoms with van der Waals surface area (Å²) < 4.78 is 3.06. The predicted molar refractivity (Wildman–Crippen MR) is 132 cm³/mol. The van der Waals surface area contributed by atoms with Crippen LogP contribution in [0.5, 0.6) is 0 Å². The van der Waals surface area contributed by atoms with Crippen molar-refractivity contribution in [3.05, 3.63) is 75.7 Å². The molecular formula is C28H23N3O3. The first-order valence-corrected chi connectivity index (χ1v) is 11.6. The molecule has 2 heterocycles. The summed E-state index contributed by atoms with van der Waals surface area (Å²) in [7, 11) is 3.38. The number of fused-ring (bicyclic) bond motifs is 1. The molecule has 0 bridgehead atoms. The summed E-state index contributed by atoms with van der Waals surface area (Å²) in [5, 5.41) is 1.50. The highest BCUT2D eigenvalue weighted by Gasteiger charge is 2.34. The fraction of sp³-hybridized carbons (Fsp3) is 0.250. The third-order valence-electron chi connectivity index (χ3n) is 7.19. The van der Waals surface area contributed by atoms with Crippen LogP contribution in [0.25, 0.3) is 21.8 Å². The molecule has 1 aliphatic heterocycles. The zero-order valence-corrected chi connectivity index (χ0v) is 19.1. The minimum absolute atomic E-state index is 0.162. The molecule has 3 aromatic carbocycles. The van der Waals surface area contributed by atoms with Crippen LogP contribution in [0.1, 0.15) is 52.0 Å². The van der Waals surface area contributed by atoms with E-state index in [1.54, 1.807) is 49.0 Å². The van der Waals surface area contributed by atoms with E-state index in [1.807, 2.05) is 18.2 Å². The summed E-state index contributed by atoms with van der Waals surface area (Å²) in [5.74, 6) is 6.39. The number of aryl methyl sites for hydroxylation is 2. The lowest BCUT2D eigenvalue weighted by Crippen LogP contribution is -2.40. The molecule has 2 aliphatic rings. The molecular weight excluding hydrogens is 426 g/mol. The Morgan fingerprint density at radius 2 is 1.53 bits per heavy atom. The molecule has 1 aliphatic carbocycles. The molecule has 1 fully saturated rings. The molecule has 0 N–H and O–H groups in total. The molecule has 0 spiro atoms. The average molecular weight is 450 g/mol. The van der Waals surface area contributed by atoms with Crippen molar-refractivity contribution in [2.75, 3.05) is 4.90 Å². The predicted octanol–water partition coefficient (Wildman–Crippen LogP) is 4.37. The molecule has 0 unspecified atom stereocenters. The monoisotopic (exact) mass is 449 g/mol. The van der Waals surface area contributed by atoms with E-state index in [0.29, 0.717) is 33.6 Å². The van der Waals surface area contributed by atoms with E-state index in [4.69, 9.17) is 0 Å². The SMILES string of the molecule is Cn1c(=O)n(C)c2cc(N3C(=O)c4cccc5c(C#CC6CCCC6)ccc(c45)C3=O)ccc21. The van der Waals surface area contributed by atoms with Gasteiger partial charge in [0.05, 0.1) is 16.7 Å². The van der Waals surface area contributed by atoms with Crippen LogP contribution < -0.4 is 10.6 Å². The summed E-state index contributed by atoms with van der Waals surface area (Å²) >= 11 is 0. The number of anilines is 1. The standard InChI is InChI=1S/C28H23N3O3/c1-29-23-15-13-19(16-24(23)30(2)28(29)34)31-26(32)21-9-5-8-20-18(11-10-17-6-3-4-7-17)12-14-22(25(20)21)27(31)33/h5,8-9,12-17H,3-4,6-7H2,1-2H3. The van der Waals surface area contributed by atoms with Gasteiger partial charge in [-0.05, 0) is 54.6 Å². The molecule has 0 atom stereocenters. The Bertz CT molecular complexity index is 1630. The van der Waals surface area contributed by atoms with Crippen molar-refractivity contribution in [1.82, 2.24) is 9.13 Å². The second-order valence-electron chi connectivity index (χ2n) is 9.16. The van der Waals surface area contributed by atoms with Crippen LogP contribution in [0.15, 0.2) is 53.3 Å². The second-order valence-corrected chi connectivity index (χ2v) is 9.16. The van der Waals surface area contributed by atoms with E-state index in [0.717, 1.165) is 29.3 Å². The summed E-state index contributed by atoms with van der Waals surface area (Å²) in [6.07, 6.45) is 4.73. The lowest BCUT2D eigenvalue weighted by Gasteiger charge is -2.27. The van der Waals surface area contributed by atoms with Crippen molar-refractivity contribution >= 4 is 39.3 Å². The van der Waals surface area contributed by atoms with E-state index in [1.165, 1.54) is 22.3 Å². The fourth-order valence-electron chi connectivity index (χ4n) is 5.32. The van der Waals surface area contributed by atoms with Crippen LogP contribution in [0.2, 0.25) is 0 Å². The van der Waals surface area contributed by atoms with Crippen molar-refractivity contribution in [1.29, 1.82) is 0 Å². The van der Waals surface area contributed by atoms with Gasteiger partial charge in [-0.2, -0.15) is 0 Å². The third-order valence-corrected chi connectivity index (χ3v) is 7.19. The molecule has 0 radical (unpaired) electrons. The Hall–Kier alpha value is -4.11. The second kappa shape index (κ2) is 7.46.